The third-order valence-electron chi connectivity index (χ3n) is 5.41. The molecule has 2 heterocycles. The molecule has 32 heavy (non-hydrogen) atoms. The molecule has 0 fully saturated rings. The number of rotatable bonds is 6. The van der Waals surface area contributed by atoms with E-state index in [-0.39, 0.29) is 30.8 Å². The maximum absolute atomic E-state index is 13.3. The number of nitrogens with one attached hydrogen (secondary N) is 1. The fourth-order valence-corrected chi connectivity index (χ4v) is 3.91. The van der Waals surface area contributed by atoms with Crippen LogP contribution in [-0.4, -0.2) is 30.1 Å². The van der Waals surface area contributed by atoms with Gasteiger partial charge in [0.15, 0.2) is 11.5 Å². The van der Waals surface area contributed by atoms with E-state index in [1.807, 2.05) is 30.3 Å². The van der Waals surface area contributed by atoms with Gasteiger partial charge in [-0.05, 0) is 41.8 Å². The monoisotopic (exact) mass is 446 g/mol. The van der Waals surface area contributed by atoms with Crippen LogP contribution in [0.3, 0.4) is 0 Å². The van der Waals surface area contributed by atoms with Crippen molar-refractivity contribution in [1.29, 1.82) is 0 Å². The SMILES string of the molecule is O=C1C(Nc2ccc3c(c2)OCO3)=C(c2ccc(Cl)cc2)C(=O)N1CCc1ccccc1. The normalized spacial score (nSPS) is 15.0. The highest BCUT2D eigenvalue weighted by atomic mass is 35.5. The van der Waals surface area contributed by atoms with E-state index >= 15 is 0 Å². The molecule has 1 N–H and O–H groups in total. The Kier molecular flexibility index (Phi) is 5.29. The van der Waals surface area contributed by atoms with Crippen LogP contribution in [0, 0.1) is 0 Å². The first-order chi connectivity index (χ1) is 15.6. The average Bonchev–Trinajstić information content (AvgIpc) is 3.36. The lowest BCUT2D eigenvalue weighted by molar-refractivity contribution is -0.136. The molecule has 5 rings (SSSR count). The summed E-state index contributed by atoms with van der Waals surface area (Å²) in [5.41, 5.74) is 2.85. The topological polar surface area (TPSA) is 67.9 Å². The third-order valence-corrected chi connectivity index (χ3v) is 5.66. The molecule has 3 aromatic carbocycles. The minimum atomic E-state index is -0.367. The van der Waals surface area contributed by atoms with Gasteiger partial charge in [0, 0.05) is 23.3 Å². The number of nitrogens with zero attached hydrogens (tertiary/aromatic N) is 1. The predicted molar refractivity (Wildman–Crippen MR) is 121 cm³/mol. The van der Waals surface area contributed by atoms with Crippen LogP contribution in [0.25, 0.3) is 5.57 Å². The highest BCUT2D eigenvalue weighted by Crippen LogP contribution is 2.36. The van der Waals surface area contributed by atoms with Crippen LogP contribution in [0.1, 0.15) is 11.1 Å². The number of anilines is 1. The largest absolute Gasteiger partial charge is 0.454 e. The number of benzene rings is 3. The van der Waals surface area contributed by atoms with Crippen molar-refractivity contribution in [2.45, 2.75) is 6.42 Å². The van der Waals surface area contributed by atoms with Gasteiger partial charge >= 0.3 is 0 Å². The van der Waals surface area contributed by atoms with Gasteiger partial charge in [-0.2, -0.15) is 0 Å². The molecule has 2 aliphatic rings. The second-order valence-corrected chi connectivity index (χ2v) is 7.88. The second-order valence-electron chi connectivity index (χ2n) is 7.45. The number of hydrogen-bond acceptors (Lipinski definition) is 5. The summed E-state index contributed by atoms with van der Waals surface area (Å²) in [5.74, 6) is 0.521. The number of halogens is 1. The van der Waals surface area contributed by atoms with Crippen LogP contribution < -0.4 is 14.8 Å². The minimum Gasteiger partial charge on any atom is -0.454 e. The molecule has 3 aromatic rings. The molecule has 160 valence electrons. The van der Waals surface area contributed by atoms with Crippen molar-refractivity contribution < 1.29 is 19.1 Å². The number of fused-ring (bicyclic) bond motifs is 1. The molecule has 0 aromatic heterocycles. The Morgan fingerprint density at radius 1 is 0.875 bits per heavy atom. The highest BCUT2D eigenvalue weighted by Gasteiger charge is 2.39. The van der Waals surface area contributed by atoms with Crippen LogP contribution in [0.15, 0.2) is 78.5 Å². The molecule has 0 unspecified atom stereocenters. The summed E-state index contributed by atoms with van der Waals surface area (Å²) in [6, 6.07) is 21.9. The van der Waals surface area contributed by atoms with Gasteiger partial charge in [-0.1, -0.05) is 54.1 Å². The third kappa shape index (κ3) is 3.81. The average molecular weight is 447 g/mol. The molecule has 0 bridgehead atoms. The zero-order chi connectivity index (χ0) is 22.1. The molecule has 0 saturated heterocycles. The lowest BCUT2D eigenvalue weighted by Gasteiger charge is -2.15. The maximum Gasteiger partial charge on any atom is 0.278 e. The summed E-state index contributed by atoms with van der Waals surface area (Å²) in [6.07, 6.45) is 0.573. The number of amides is 2. The van der Waals surface area contributed by atoms with Gasteiger partial charge in [0.25, 0.3) is 11.8 Å². The predicted octanol–water partition coefficient (Wildman–Crippen LogP) is 4.50. The van der Waals surface area contributed by atoms with Crippen molar-refractivity contribution in [3.05, 3.63) is 94.6 Å². The molecule has 6 nitrogen and oxygen atoms in total. The van der Waals surface area contributed by atoms with E-state index in [4.69, 9.17) is 21.1 Å². The van der Waals surface area contributed by atoms with Gasteiger partial charge in [-0.25, -0.2) is 0 Å². The summed E-state index contributed by atoms with van der Waals surface area (Å²) < 4.78 is 10.8. The lowest BCUT2D eigenvalue weighted by atomic mass is 10.0. The second kappa shape index (κ2) is 8.40. The van der Waals surface area contributed by atoms with Crippen molar-refractivity contribution in [2.24, 2.45) is 0 Å². The molecule has 0 aliphatic carbocycles. The van der Waals surface area contributed by atoms with E-state index in [0.29, 0.717) is 39.8 Å². The fraction of sp³-hybridized carbons (Fsp3) is 0.120. The van der Waals surface area contributed by atoms with E-state index in [2.05, 4.69) is 5.32 Å². The van der Waals surface area contributed by atoms with Gasteiger partial charge in [0.05, 0.1) is 5.57 Å². The zero-order valence-corrected chi connectivity index (χ0v) is 17.8. The smallest absolute Gasteiger partial charge is 0.278 e. The quantitative estimate of drug-likeness (QED) is 0.564. The van der Waals surface area contributed by atoms with Crippen molar-refractivity contribution in [2.75, 3.05) is 18.7 Å². The van der Waals surface area contributed by atoms with E-state index in [0.717, 1.165) is 5.56 Å². The van der Waals surface area contributed by atoms with Gasteiger partial charge in [-0.15, -0.1) is 0 Å². The fourth-order valence-electron chi connectivity index (χ4n) is 3.78. The Labute approximate surface area is 190 Å². The minimum absolute atomic E-state index is 0.155. The Balaban J connectivity index is 1.47. The van der Waals surface area contributed by atoms with Crippen molar-refractivity contribution in [1.82, 2.24) is 4.90 Å². The van der Waals surface area contributed by atoms with Crippen LogP contribution in [0.4, 0.5) is 5.69 Å². The summed E-state index contributed by atoms with van der Waals surface area (Å²) in [6.45, 7) is 0.438. The summed E-state index contributed by atoms with van der Waals surface area (Å²) >= 11 is 6.03. The summed E-state index contributed by atoms with van der Waals surface area (Å²) in [4.78, 5) is 28.0. The molecule has 0 saturated carbocycles. The highest BCUT2D eigenvalue weighted by molar-refractivity contribution is 6.37. The standard InChI is InChI=1S/C25H19ClN2O4/c26-18-8-6-17(7-9-18)22-23(27-19-10-11-20-21(14-19)32-15-31-20)25(30)28(24(22)29)13-12-16-4-2-1-3-5-16/h1-11,14,27H,12-13,15H2. The molecule has 0 radical (unpaired) electrons. The van der Waals surface area contributed by atoms with Crippen LogP contribution in [0.2, 0.25) is 5.02 Å². The first-order valence-corrected chi connectivity index (χ1v) is 10.5. The maximum atomic E-state index is 13.3. The van der Waals surface area contributed by atoms with Crippen molar-refractivity contribution in [3.8, 4) is 11.5 Å². The molecular weight excluding hydrogens is 428 g/mol. The van der Waals surface area contributed by atoms with Crippen molar-refractivity contribution >= 4 is 34.7 Å². The molecule has 2 aliphatic heterocycles. The van der Waals surface area contributed by atoms with Crippen LogP contribution in [0.5, 0.6) is 11.5 Å². The van der Waals surface area contributed by atoms with E-state index < -0.39 is 0 Å². The Bertz CT molecular complexity index is 1220. The Morgan fingerprint density at radius 2 is 1.62 bits per heavy atom. The number of carbonyl (C=O) groups excluding carboxylic acids is 2. The Morgan fingerprint density at radius 3 is 2.41 bits per heavy atom. The summed E-state index contributed by atoms with van der Waals surface area (Å²) in [7, 11) is 0. The number of hydrogen-bond donors (Lipinski definition) is 1. The zero-order valence-electron chi connectivity index (χ0n) is 17.0. The van der Waals surface area contributed by atoms with E-state index in [1.165, 1.54) is 4.90 Å². The van der Waals surface area contributed by atoms with Gasteiger partial charge < -0.3 is 14.8 Å². The van der Waals surface area contributed by atoms with E-state index in [1.54, 1.807) is 42.5 Å². The molecule has 2 amide bonds. The molecule has 7 heteroatoms. The number of ether oxygens (including phenoxy) is 2. The number of carbonyl (C=O) groups is 2. The van der Waals surface area contributed by atoms with Crippen LogP contribution in [-0.2, 0) is 16.0 Å². The lowest BCUT2D eigenvalue weighted by Crippen LogP contribution is -2.34. The molecule has 0 atom stereocenters. The Hall–Kier alpha value is -3.77. The number of imide groups is 1. The summed E-state index contributed by atoms with van der Waals surface area (Å²) in [5, 5.41) is 3.69. The van der Waals surface area contributed by atoms with Crippen LogP contribution >= 0.6 is 11.6 Å². The van der Waals surface area contributed by atoms with Gasteiger partial charge in [0.1, 0.15) is 5.70 Å². The molecule has 0 spiro atoms. The van der Waals surface area contributed by atoms with Gasteiger partial charge in [-0.3, -0.25) is 14.5 Å². The first kappa shape index (κ1) is 20.2. The molecular formula is C25H19ClN2O4. The van der Waals surface area contributed by atoms with E-state index in [9.17, 15) is 9.59 Å². The first-order valence-electron chi connectivity index (χ1n) is 10.2. The van der Waals surface area contributed by atoms with Crippen molar-refractivity contribution in [3.63, 3.8) is 0 Å². The van der Waals surface area contributed by atoms with Gasteiger partial charge in [0.2, 0.25) is 6.79 Å².